The lowest BCUT2D eigenvalue weighted by molar-refractivity contribution is 0.0891. The molecule has 140 valence electrons. The topological polar surface area (TPSA) is 71.5 Å². The molecule has 26 heavy (non-hydrogen) atoms. The maximum absolute atomic E-state index is 13.2. The van der Waals surface area contributed by atoms with E-state index in [1.807, 2.05) is 4.90 Å². The van der Waals surface area contributed by atoms with E-state index < -0.39 is 21.7 Å². The Morgan fingerprint density at radius 3 is 2.69 bits per heavy atom. The second-order valence-corrected chi connectivity index (χ2v) is 7.71. The van der Waals surface area contributed by atoms with Crippen molar-refractivity contribution in [3.05, 3.63) is 48.2 Å². The summed E-state index contributed by atoms with van der Waals surface area (Å²) in [5, 5.41) is 0. The van der Waals surface area contributed by atoms with Crippen molar-refractivity contribution in [1.82, 2.24) is 4.98 Å². The molecule has 9 heteroatoms. The van der Waals surface area contributed by atoms with E-state index >= 15 is 0 Å². The summed E-state index contributed by atoms with van der Waals surface area (Å²) >= 11 is 0. The highest BCUT2D eigenvalue weighted by Crippen LogP contribution is 2.22. The summed E-state index contributed by atoms with van der Waals surface area (Å²) in [6.07, 6.45) is 3.33. The van der Waals surface area contributed by atoms with Gasteiger partial charge < -0.3 is 9.64 Å². The summed E-state index contributed by atoms with van der Waals surface area (Å²) < 4.78 is 58.5. The monoisotopic (exact) mass is 383 g/mol. The standard InChI is InChI=1S/C17H19F2N3O3S/c1-25-13-3-2-8-22(11-13)17-7-5-14(10-20-17)26(23,24)21-12-4-6-15(18)16(19)9-12/h4-7,9-10,13,21H,2-3,8,11H2,1H3. The van der Waals surface area contributed by atoms with Gasteiger partial charge in [0.2, 0.25) is 0 Å². The first-order valence-electron chi connectivity index (χ1n) is 8.11. The quantitative estimate of drug-likeness (QED) is 0.860. The average molecular weight is 383 g/mol. The van der Waals surface area contributed by atoms with Crippen molar-refractivity contribution < 1.29 is 21.9 Å². The van der Waals surface area contributed by atoms with Crippen molar-refractivity contribution in [2.24, 2.45) is 0 Å². The molecule has 3 rings (SSSR count). The molecular formula is C17H19F2N3O3S. The molecule has 1 aromatic heterocycles. The maximum Gasteiger partial charge on any atom is 0.263 e. The number of rotatable bonds is 5. The van der Waals surface area contributed by atoms with Crippen LogP contribution in [0.3, 0.4) is 0 Å². The lowest BCUT2D eigenvalue weighted by Gasteiger charge is -2.32. The second-order valence-electron chi connectivity index (χ2n) is 6.03. The first-order valence-corrected chi connectivity index (χ1v) is 9.59. The van der Waals surface area contributed by atoms with Crippen LogP contribution in [0, 0.1) is 11.6 Å². The van der Waals surface area contributed by atoms with Crippen molar-refractivity contribution >= 4 is 21.5 Å². The number of anilines is 2. The number of ether oxygens (including phenoxy) is 1. The highest BCUT2D eigenvalue weighted by Gasteiger charge is 2.21. The summed E-state index contributed by atoms with van der Waals surface area (Å²) in [5.74, 6) is -1.51. The maximum atomic E-state index is 13.2. The van der Waals surface area contributed by atoms with Crippen LogP contribution in [0.25, 0.3) is 0 Å². The molecule has 1 saturated heterocycles. The van der Waals surface area contributed by atoms with Crippen LogP contribution >= 0.6 is 0 Å². The molecule has 0 bridgehead atoms. The van der Waals surface area contributed by atoms with Crippen LogP contribution in [0.5, 0.6) is 0 Å². The van der Waals surface area contributed by atoms with Crippen LogP contribution < -0.4 is 9.62 Å². The van der Waals surface area contributed by atoms with Crippen LogP contribution in [0.1, 0.15) is 12.8 Å². The van der Waals surface area contributed by atoms with E-state index in [9.17, 15) is 17.2 Å². The van der Waals surface area contributed by atoms with E-state index in [0.29, 0.717) is 12.4 Å². The van der Waals surface area contributed by atoms with Gasteiger partial charge in [-0.1, -0.05) is 0 Å². The van der Waals surface area contributed by atoms with Gasteiger partial charge in [-0.25, -0.2) is 22.2 Å². The predicted octanol–water partition coefficient (Wildman–Crippen LogP) is 2.78. The molecule has 1 unspecified atom stereocenters. The zero-order valence-electron chi connectivity index (χ0n) is 14.2. The smallest absolute Gasteiger partial charge is 0.263 e. The van der Waals surface area contributed by atoms with E-state index in [1.165, 1.54) is 12.3 Å². The van der Waals surface area contributed by atoms with E-state index in [-0.39, 0.29) is 16.7 Å². The Morgan fingerprint density at radius 2 is 2.04 bits per heavy atom. The lowest BCUT2D eigenvalue weighted by Crippen LogP contribution is -2.39. The summed E-state index contributed by atoms with van der Waals surface area (Å²) in [7, 11) is -2.28. The number of halogens is 2. The van der Waals surface area contributed by atoms with Gasteiger partial charge in [0.15, 0.2) is 11.6 Å². The van der Waals surface area contributed by atoms with Crippen LogP contribution in [0.15, 0.2) is 41.4 Å². The zero-order valence-corrected chi connectivity index (χ0v) is 15.0. The molecule has 1 fully saturated rings. The summed E-state index contributed by atoms with van der Waals surface area (Å²) in [5.41, 5.74) is -0.0630. The van der Waals surface area contributed by atoms with Crippen LogP contribution in [0.4, 0.5) is 20.3 Å². The van der Waals surface area contributed by atoms with Gasteiger partial charge in [-0.05, 0) is 37.1 Å². The third-order valence-corrected chi connectivity index (χ3v) is 5.60. The van der Waals surface area contributed by atoms with Gasteiger partial charge in [0.1, 0.15) is 10.7 Å². The number of pyridine rings is 1. The Balaban J connectivity index is 1.75. The van der Waals surface area contributed by atoms with Crippen LogP contribution in [-0.2, 0) is 14.8 Å². The van der Waals surface area contributed by atoms with Gasteiger partial charge in [0.25, 0.3) is 10.0 Å². The molecule has 2 aromatic rings. The zero-order chi connectivity index (χ0) is 18.7. The first-order chi connectivity index (χ1) is 12.4. The minimum absolute atomic E-state index is 0.0630. The van der Waals surface area contributed by atoms with Gasteiger partial charge in [-0.3, -0.25) is 4.72 Å². The molecular weight excluding hydrogens is 364 g/mol. The van der Waals surface area contributed by atoms with E-state index in [2.05, 4.69) is 9.71 Å². The Hall–Kier alpha value is -2.26. The summed E-state index contributed by atoms with van der Waals surface area (Å²) in [4.78, 5) is 6.20. The third-order valence-electron chi connectivity index (χ3n) is 4.24. The average Bonchev–Trinajstić information content (AvgIpc) is 2.65. The van der Waals surface area contributed by atoms with Crippen molar-refractivity contribution in [1.29, 1.82) is 0 Å². The number of benzene rings is 1. The normalized spacial score (nSPS) is 18.0. The molecule has 0 spiro atoms. The molecule has 1 N–H and O–H groups in total. The first kappa shape index (κ1) is 18.5. The van der Waals surface area contributed by atoms with Crippen LogP contribution in [-0.4, -0.2) is 39.7 Å². The van der Waals surface area contributed by atoms with Crippen molar-refractivity contribution in [2.75, 3.05) is 29.8 Å². The van der Waals surface area contributed by atoms with Gasteiger partial charge in [-0.15, -0.1) is 0 Å². The van der Waals surface area contributed by atoms with Crippen molar-refractivity contribution in [3.8, 4) is 0 Å². The number of methoxy groups -OCH3 is 1. The fourth-order valence-corrected chi connectivity index (χ4v) is 3.82. The number of hydrogen-bond acceptors (Lipinski definition) is 5. The lowest BCUT2D eigenvalue weighted by atomic mass is 10.1. The van der Waals surface area contributed by atoms with Crippen molar-refractivity contribution in [3.63, 3.8) is 0 Å². The fourth-order valence-electron chi connectivity index (χ4n) is 2.83. The van der Waals surface area contributed by atoms with Gasteiger partial charge in [0.05, 0.1) is 11.8 Å². The molecule has 1 atom stereocenters. The molecule has 1 aliphatic heterocycles. The molecule has 0 radical (unpaired) electrons. The molecule has 0 aliphatic carbocycles. The fraction of sp³-hybridized carbons (Fsp3) is 0.353. The Kier molecular flexibility index (Phi) is 5.38. The molecule has 0 saturated carbocycles. The Morgan fingerprint density at radius 1 is 1.23 bits per heavy atom. The minimum Gasteiger partial charge on any atom is -0.380 e. The number of nitrogens with one attached hydrogen (secondary N) is 1. The third kappa shape index (κ3) is 4.10. The molecule has 2 heterocycles. The van der Waals surface area contributed by atoms with Crippen molar-refractivity contribution in [2.45, 2.75) is 23.8 Å². The molecule has 0 amide bonds. The number of sulfonamides is 1. The molecule has 1 aromatic carbocycles. The Bertz CT molecular complexity index is 875. The number of piperidine rings is 1. The Labute approximate surface area is 150 Å². The van der Waals surface area contributed by atoms with Gasteiger partial charge in [-0.2, -0.15) is 0 Å². The second kappa shape index (κ2) is 7.55. The highest BCUT2D eigenvalue weighted by molar-refractivity contribution is 7.92. The SMILES string of the molecule is COC1CCCN(c2ccc(S(=O)(=O)Nc3ccc(F)c(F)c3)cn2)C1. The van der Waals surface area contributed by atoms with Crippen LogP contribution in [0.2, 0.25) is 0 Å². The minimum atomic E-state index is -3.95. The predicted molar refractivity (Wildman–Crippen MR) is 93.6 cm³/mol. The summed E-state index contributed by atoms with van der Waals surface area (Å²) in [6.45, 7) is 1.52. The van der Waals surface area contributed by atoms with Gasteiger partial charge >= 0.3 is 0 Å². The van der Waals surface area contributed by atoms with E-state index in [1.54, 1.807) is 13.2 Å². The van der Waals surface area contributed by atoms with E-state index in [0.717, 1.165) is 37.6 Å². The molecule has 1 aliphatic rings. The number of aromatic nitrogens is 1. The molecule has 6 nitrogen and oxygen atoms in total. The largest absolute Gasteiger partial charge is 0.380 e. The number of nitrogens with zero attached hydrogens (tertiary/aromatic N) is 2. The highest BCUT2D eigenvalue weighted by atomic mass is 32.2. The van der Waals surface area contributed by atoms with E-state index in [4.69, 9.17) is 4.74 Å². The van der Waals surface area contributed by atoms with Gasteiger partial charge in [0, 0.05) is 32.5 Å². The number of hydrogen-bond donors (Lipinski definition) is 1. The summed E-state index contributed by atoms with van der Waals surface area (Å²) in [6, 6.07) is 5.85.